The largest absolute Gasteiger partial charge is 0.493 e. The van der Waals surface area contributed by atoms with Gasteiger partial charge in [-0.2, -0.15) is 0 Å². The van der Waals surface area contributed by atoms with Crippen LogP contribution in [0.4, 0.5) is 5.69 Å². The van der Waals surface area contributed by atoms with Crippen molar-refractivity contribution in [3.63, 3.8) is 0 Å². The van der Waals surface area contributed by atoms with E-state index >= 15 is 0 Å². The molecule has 3 rings (SSSR count). The topological polar surface area (TPSA) is 73.9 Å². The second-order valence-corrected chi connectivity index (χ2v) is 8.50. The molecule has 0 fully saturated rings. The van der Waals surface area contributed by atoms with Gasteiger partial charge in [-0.1, -0.05) is 43.9 Å². The van der Waals surface area contributed by atoms with Gasteiger partial charge in [0.25, 0.3) is 5.91 Å². The lowest BCUT2D eigenvalue weighted by atomic mass is 10.2. The Morgan fingerprint density at radius 3 is 2.36 bits per heavy atom. The van der Waals surface area contributed by atoms with Crippen molar-refractivity contribution in [1.29, 1.82) is 0 Å². The fourth-order valence-electron chi connectivity index (χ4n) is 3.34. The number of carbonyl (C=O) groups excluding carboxylic acids is 2. The number of unbranched alkanes of at least 4 members (excludes halogenated alkanes) is 3. The van der Waals surface area contributed by atoms with Crippen LogP contribution < -0.4 is 19.5 Å². The average molecular weight is 508 g/mol. The van der Waals surface area contributed by atoms with E-state index in [4.69, 9.17) is 25.8 Å². The van der Waals surface area contributed by atoms with Crippen LogP contribution in [0.1, 0.15) is 48.5 Å². The number of amides is 1. The van der Waals surface area contributed by atoms with E-state index in [0.29, 0.717) is 40.1 Å². The second-order valence-electron chi connectivity index (χ2n) is 8.06. The molecule has 7 heteroatoms. The lowest BCUT2D eigenvalue weighted by molar-refractivity contribution is -0.128. The lowest BCUT2D eigenvalue weighted by Crippen LogP contribution is -2.11. The predicted octanol–water partition coefficient (Wildman–Crippen LogP) is 7.18. The van der Waals surface area contributed by atoms with E-state index < -0.39 is 5.97 Å². The van der Waals surface area contributed by atoms with E-state index in [0.717, 1.165) is 18.4 Å². The van der Waals surface area contributed by atoms with Gasteiger partial charge in [-0.25, -0.2) is 4.79 Å². The molecular formula is C29H30ClNO5. The van der Waals surface area contributed by atoms with Gasteiger partial charge in [-0.15, -0.1) is 0 Å². The van der Waals surface area contributed by atoms with Crippen LogP contribution in [-0.2, 0) is 4.79 Å². The van der Waals surface area contributed by atoms with Crippen molar-refractivity contribution in [2.24, 2.45) is 0 Å². The number of hydrogen-bond donors (Lipinski definition) is 1. The minimum absolute atomic E-state index is 0.280. The highest BCUT2D eigenvalue weighted by Crippen LogP contribution is 2.29. The molecule has 0 spiro atoms. The predicted molar refractivity (Wildman–Crippen MR) is 143 cm³/mol. The van der Waals surface area contributed by atoms with Gasteiger partial charge in [0.1, 0.15) is 5.75 Å². The zero-order valence-electron chi connectivity index (χ0n) is 20.5. The maximum absolute atomic E-state index is 12.4. The van der Waals surface area contributed by atoms with E-state index in [1.54, 1.807) is 67.8 Å². The van der Waals surface area contributed by atoms with Gasteiger partial charge in [0.15, 0.2) is 11.5 Å². The molecule has 0 heterocycles. The first-order chi connectivity index (χ1) is 17.5. The molecule has 0 unspecified atom stereocenters. The summed E-state index contributed by atoms with van der Waals surface area (Å²) in [6, 6.07) is 18.6. The molecule has 188 valence electrons. The highest BCUT2D eigenvalue weighted by atomic mass is 35.5. The monoisotopic (exact) mass is 507 g/mol. The molecule has 3 aromatic carbocycles. The number of benzene rings is 3. The second kappa shape index (κ2) is 14.0. The summed E-state index contributed by atoms with van der Waals surface area (Å²) in [5, 5.41) is 3.37. The van der Waals surface area contributed by atoms with E-state index in [1.807, 2.05) is 12.1 Å². The Bertz CT molecular complexity index is 1170. The number of ether oxygens (including phenoxy) is 3. The van der Waals surface area contributed by atoms with E-state index in [9.17, 15) is 9.59 Å². The molecule has 0 bridgehead atoms. The Morgan fingerprint density at radius 2 is 1.67 bits per heavy atom. The van der Waals surface area contributed by atoms with Crippen molar-refractivity contribution in [2.75, 3.05) is 19.0 Å². The Balaban J connectivity index is 1.52. The van der Waals surface area contributed by atoms with Crippen LogP contribution in [0.5, 0.6) is 17.2 Å². The summed E-state index contributed by atoms with van der Waals surface area (Å²) < 4.78 is 16.6. The van der Waals surface area contributed by atoms with Crippen LogP contribution in [0.3, 0.4) is 0 Å². The van der Waals surface area contributed by atoms with Crippen molar-refractivity contribution in [1.82, 2.24) is 0 Å². The van der Waals surface area contributed by atoms with Crippen molar-refractivity contribution >= 4 is 35.2 Å². The van der Waals surface area contributed by atoms with Crippen LogP contribution >= 0.6 is 11.6 Å². The fraction of sp³-hybridized carbons (Fsp3) is 0.241. The molecule has 0 radical (unpaired) electrons. The molecule has 0 saturated heterocycles. The van der Waals surface area contributed by atoms with Crippen LogP contribution in [0.2, 0.25) is 5.02 Å². The molecular weight excluding hydrogens is 478 g/mol. The first kappa shape index (κ1) is 26.8. The minimum atomic E-state index is -0.538. The van der Waals surface area contributed by atoms with Gasteiger partial charge >= 0.3 is 5.97 Å². The zero-order chi connectivity index (χ0) is 25.8. The van der Waals surface area contributed by atoms with Gasteiger partial charge < -0.3 is 19.5 Å². The number of rotatable bonds is 12. The number of methoxy groups -OCH3 is 1. The Morgan fingerprint density at radius 1 is 0.917 bits per heavy atom. The zero-order valence-corrected chi connectivity index (χ0v) is 21.2. The lowest BCUT2D eigenvalue weighted by Gasteiger charge is -2.11. The molecule has 6 nitrogen and oxygen atoms in total. The third kappa shape index (κ3) is 8.47. The molecule has 0 aliphatic heterocycles. The van der Waals surface area contributed by atoms with Crippen LogP contribution in [-0.4, -0.2) is 25.6 Å². The van der Waals surface area contributed by atoms with Crippen molar-refractivity contribution in [3.8, 4) is 17.2 Å². The summed E-state index contributed by atoms with van der Waals surface area (Å²) in [6.45, 7) is 2.81. The Hall–Kier alpha value is -3.77. The highest BCUT2D eigenvalue weighted by molar-refractivity contribution is 6.30. The molecule has 0 aliphatic rings. The number of carbonyl (C=O) groups is 2. The van der Waals surface area contributed by atoms with E-state index in [-0.39, 0.29) is 5.91 Å². The first-order valence-corrected chi connectivity index (χ1v) is 12.2. The van der Waals surface area contributed by atoms with E-state index in [2.05, 4.69) is 12.2 Å². The first-order valence-electron chi connectivity index (χ1n) is 11.9. The minimum Gasteiger partial charge on any atom is -0.493 e. The van der Waals surface area contributed by atoms with E-state index in [1.165, 1.54) is 18.9 Å². The van der Waals surface area contributed by atoms with Crippen molar-refractivity contribution in [3.05, 3.63) is 89.0 Å². The standard InChI is InChI=1S/C29H30ClNO5/c1-3-4-5-6-19-35-26-17-7-21(20-27(26)34-2)8-18-28(32)36-25-15-9-22(10-16-25)29(33)31-24-13-11-23(30)12-14-24/h7-18,20H,3-6,19H2,1-2H3,(H,31,33)/b18-8+. The van der Waals surface area contributed by atoms with Gasteiger partial charge in [0.2, 0.25) is 0 Å². The Kier molecular flexibility index (Phi) is 10.4. The molecule has 3 aromatic rings. The molecule has 0 saturated carbocycles. The molecule has 1 N–H and O–H groups in total. The normalized spacial score (nSPS) is 10.8. The van der Waals surface area contributed by atoms with Crippen LogP contribution in [0.15, 0.2) is 72.8 Å². The number of nitrogens with one attached hydrogen (secondary N) is 1. The van der Waals surface area contributed by atoms with Gasteiger partial charge in [-0.3, -0.25) is 4.79 Å². The maximum atomic E-state index is 12.4. The molecule has 36 heavy (non-hydrogen) atoms. The summed E-state index contributed by atoms with van der Waals surface area (Å²) in [7, 11) is 1.58. The number of hydrogen-bond acceptors (Lipinski definition) is 5. The highest BCUT2D eigenvalue weighted by Gasteiger charge is 2.09. The van der Waals surface area contributed by atoms with Crippen molar-refractivity contribution < 1.29 is 23.8 Å². The van der Waals surface area contributed by atoms with Gasteiger partial charge in [-0.05, 0) is 78.7 Å². The third-order valence-electron chi connectivity index (χ3n) is 5.29. The van der Waals surface area contributed by atoms with Crippen LogP contribution in [0.25, 0.3) is 6.08 Å². The summed E-state index contributed by atoms with van der Waals surface area (Å²) in [5.41, 5.74) is 1.84. The smallest absolute Gasteiger partial charge is 0.336 e. The summed E-state index contributed by atoms with van der Waals surface area (Å²) in [4.78, 5) is 24.7. The molecule has 0 aliphatic carbocycles. The maximum Gasteiger partial charge on any atom is 0.336 e. The number of anilines is 1. The Labute approximate surface area is 216 Å². The molecule has 1 amide bonds. The van der Waals surface area contributed by atoms with Gasteiger partial charge in [0, 0.05) is 22.3 Å². The van der Waals surface area contributed by atoms with Crippen molar-refractivity contribution in [2.45, 2.75) is 32.6 Å². The SMILES string of the molecule is CCCCCCOc1ccc(/C=C/C(=O)Oc2ccc(C(=O)Nc3ccc(Cl)cc3)cc2)cc1OC. The quantitative estimate of drug-likeness (QED) is 0.122. The summed E-state index contributed by atoms with van der Waals surface area (Å²) >= 11 is 5.86. The molecule has 0 atom stereocenters. The fourth-order valence-corrected chi connectivity index (χ4v) is 3.47. The average Bonchev–Trinajstić information content (AvgIpc) is 2.89. The third-order valence-corrected chi connectivity index (χ3v) is 5.54. The summed E-state index contributed by atoms with van der Waals surface area (Å²) in [5.74, 6) is 0.792. The number of esters is 1. The number of halogens is 1. The molecule has 0 aromatic heterocycles. The van der Waals surface area contributed by atoms with Crippen LogP contribution in [0, 0.1) is 0 Å². The van der Waals surface area contributed by atoms with Gasteiger partial charge in [0.05, 0.1) is 13.7 Å². The summed E-state index contributed by atoms with van der Waals surface area (Å²) in [6.07, 6.45) is 7.50.